The summed E-state index contributed by atoms with van der Waals surface area (Å²) in [6.07, 6.45) is 3.40. The molecule has 1 amide bonds. The highest BCUT2D eigenvalue weighted by Gasteiger charge is 2.27. The van der Waals surface area contributed by atoms with Gasteiger partial charge in [-0.1, -0.05) is 17.7 Å². The van der Waals surface area contributed by atoms with Gasteiger partial charge in [0.15, 0.2) is 0 Å². The summed E-state index contributed by atoms with van der Waals surface area (Å²) in [5.41, 5.74) is 2.54. The summed E-state index contributed by atoms with van der Waals surface area (Å²) in [5.74, 6) is 2.20. The third-order valence-corrected chi connectivity index (χ3v) is 7.93. The van der Waals surface area contributed by atoms with Gasteiger partial charge >= 0.3 is 0 Å². The monoisotopic (exact) mass is 440 g/mol. The van der Waals surface area contributed by atoms with E-state index >= 15 is 0 Å². The van der Waals surface area contributed by atoms with Crippen LogP contribution in [0.3, 0.4) is 0 Å². The molecule has 2 aromatic heterocycles. The Hall–Kier alpha value is -2.12. The number of aryl methyl sites for hydroxylation is 3. The molecule has 0 unspecified atom stereocenters. The molecule has 0 atom stereocenters. The Morgan fingerprint density at radius 1 is 1.17 bits per heavy atom. The number of thioether (sulfide) groups is 1. The van der Waals surface area contributed by atoms with Crippen LogP contribution in [0.15, 0.2) is 35.5 Å². The molecule has 3 aromatic rings. The van der Waals surface area contributed by atoms with Crippen LogP contribution >= 0.6 is 23.1 Å². The summed E-state index contributed by atoms with van der Waals surface area (Å²) in [6.45, 7) is 8.80. The van der Waals surface area contributed by atoms with E-state index in [9.17, 15) is 4.79 Å². The lowest BCUT2D eigenvalue weighted by Crippen LogP contribution is -2.41. The summed E-state index contributed by atoms with van der Waals surface area (Å²) in [4.78, 5) is 27.6. The van der Waals surface area contributed by atoms with E-state index < -0.39 is 0 Å². The molecule has 1 aliphatic rings. The van der Waals surface area contributed by atoms with Gasteiger partial charge in [0.25, 0.3) is 0 Å². The smallest absolute Gasteiger partial charge is 0.223 e. The van der Waals surface area contributed by atoms with Crippen molar-refractivity contribution in [2.24, 2.45) is 5.92 Å². The highest BCUT2D eigenvalue weighted by molar-refractivity contribution is 7.99. The van der Waals surface area contributed by atoms with Crippen LogP contribution in [-0.4, -0.2) is 41.3 Å². The third kappa shape index (κ3) is 4.62. The molecule has 1 aliphatic heterocycles. The minimum atomic E-state index is 0.0910. The Bertz CT molecular complexity index is 1020. The number of benzene rings is 1. The number of aromatic nitrogens is 2. The Balaban J connectivity index is 1.27. The largest absolute Gasteiger partial charge is 0.356 e. The van der Waals surface area contributed by atoms with Gasteiger partial charge in [-0.3, -0.25) is 4.79 Å². The predicted molar refractivity (Wildman–Crippen MR) is 127 cm³/mol. The minimum Gasteiger partial charge on any atom is -0.356 e. The summed E-state index contributed by atoms with van der Waals surface area (Å²) in [5, 5.41) is 4.31. The summed E-state index contributed by atoms with van der Waals surface area (Å²) in [6, 6.07) is 8.52. The molecular weight excluding hydrogens is 412 g/mol. The number of fused-ring (bicyclic) bond motifs is 1. The number of carbonyl (C=O) groups excluding carboxylic acids is 1. The molecular formula is C23H28N4OS2. The second kappa shape index (κ2) is 9.35. The quantitative estimate of drug-likeness (QED) is 0.443. The van der Waals surface area contributed by atoms with E-state index in [0.717, 1.165) is 42.3 Å². The molecule has 30 heavy (non-hydrogen) atoms. The summed E-state index contributed by atoms with van der Waals surface area (Å²) < 4.78 is 0. The highest BCUT2D eigenvalue weighted by Crippen LogP contribution is 2.35. The number of amides is 1. The standard InChI is InChI=1S/C23H28N4OS2/c1-15-4-6-19(7-5-15)29-13-10-24-22(28)18-8-11-27(12-9-18)21-20-16(2)17(3)30-23(20)26-14-25-21/h4-7,14,18H,8-13H2,1-3H3,(H,24,28). The average Bonchev–Trinajstić information content (AvgIpc) is 3.06. The third-order valence-electron chi connectivity index (χ3n) is 5.80. The van der Waals surface area contributed by atoms with Gasteiger partial charge in [-0.2, -0.15) is 0 Å². The molecule has 3 heterocycles. The Morgan fingerprint density at radius 2 is 1.90 bits per heavy atom. The molecule has 158 valence electrons. The SMILES string of the molecule is Cc1ccc(SCCNC(=O)C2CCN(c3ncnc4sc(C)c(C)c34)CC2)cc1. The molecule has 0 aliphatic carbocycles. The van der Waals surface area contributed by atoms with E-state index in [1.165, 1.54) is 26.3 Å². The molecule has 1 N–H and O–H groups in total. The molecule has 0 spiro atoms. The number of nitrogens with one attached hydrogen (secondary N) is 1. The van der Waals surface area contributed by atoms with E-state index in [1.54, 1.807) is 29.4 Å². The van der Waals surface area contributed by atoms with Crippen molar-refractivity contribution >= 4 is 45.0 Å². The van der Waals surface area contributed by atoms with E-state index in [4.69, 9.17) is 0 Å². The lowest BCUT2D eigenvalue weighted by atomic mass is 9.95. The summed E-state index contributed by atoms with van der Waals surface area (Å²) >= 11 is 3.51. The Kier molecular flexibility index (Phi) is 6.58. The van der Waals surface area contributed by atoms with Crippen LogP contribution in [0, 0.1) is 26.7 Å². The van der Waals surface area contributed by atoms with Gasteiger partial charge in [0.1, 0.15) is 17.0 Å². The molecule has 1 saturated heterocycles. The maximum atomic E-state index is 12.6. The van der Waals surface area contributed by atoms with Gasteiger partial charge in [0, 0.05) is 41.1 Å². The number of rotatable bonds is 6. The number of hydrogen-bond acceptors (Lipinski definition) is 6. The number of piperidine rings is 1. The number of carbonyl (C=O) groups is 1. The first-order valence-electron chi connectivity index (χ1n) is 10.5. The van der Waals surface area contributed by atoms with E-state index in [0.29, 0.717) is 6.54 Å². The van der Waals surface area contributed by atoms with Crippen molar-refractivity contribution < 1.29 is 4.79 Å². The fourth-order valence-electron chi connectivity index (χ4n) is 3.88. The Labute approximate surface area is 186 Å². The van der Waals surface area contributed by atoms with Crippen molar-refractivity contribution in [2.75, 3.05) is 30.3 Å². The van der Waals surface area contributed by atoms with Crippen molar-refractivity contribution in [3.63, 3.8) is 0 Å². The number of thiophene rings is 1. The summed E-state index contributed by atoms with van der Waals surface area (Å²) in [7, 11) is 0. The van der Waals surface area contributed by atoms with Crippen LogP contribution in [0.1, 0.15) is 28.8 Å². The van der Waals surface area contributed by atoms with Gasteiger partial charge in [-0.05, 0) is 51.3 Å². The van der Waals surface area contributed by atoms with Crippen LogP contribution in [-0.2, 0) is 4.79 Å². The van der Waals surface area contributed by atoms with Gasteiger partial charge in [0.05, 0.1) is 5.39 Å². The first kappa shape index (κ1) is 21.1. The van der Waals surface area contributed by atoms with Crippen LogP contribution < -0.4 is 10.2 Å². The molecule has 0 saturated carbocycles. The zero-order valence-corrected chi connectivity index (χ0v) is 19.4. The molecule has 5 nitrogen and oxygen atoms in total. The first-order valence-corrected chi connectivity index (χ1v) is 12.3. The maximum Gasteiger partial charge on any atom is 0.223 e. The molecule has 1 fully saturated rings. The molecule has 7 heteroatoms. The average molecular weight is 441 g/mol. The molecule has 4 rings (SSSR count). The van der Waals surface area contributed by atoms with E-state index in [-0.39, 0.29) is 11.8 Å². The van der Waals surface area contributed by atoms with Crippen molar-refractivity contribution in [3.05, 3.63) is 46.6 Å². The maximum absolute atomic E-state index is 12.6. The van der Waals surface area contributed by atoms with E-state index in [1.807, 2.05) is 0 Å². The van der Waals surface area contributed by atoms with Gasteiger partial charge in [-0.15, -0.1) is 23.1 Å². The normalized spacial score (nSPS) is 15.0. The van der Waals surface area contributed by atoms with Crippen LogP contribution in [0.2, 0.25) is 0 Å². The van der Waals surface area contributed by atoms with E-state index in [2.05, 4.69) is 65.2 Å². The van der Waals surface area contributed by atoms with Crippen molar-refractivity contribution in [2.45, 2.75) is 38.5 Å². The van der Waals surface area contributed by atoms with Crippen LogP contribution in [0.5, 0.6) is 0 Å². The van der Waals surface area contributed by atoms with Crippen LogP contribution in [0.4, 0.5) is 5.82 Å². The van der Waals surface area contributed by atoms with Crippen molar-refractivity contribution in [1.82, 2.24) is 15.3 Å². The van der Waals surface area contributed by atoms with Crippen molar-refractivity contribution in [1.29, 1.82) is 0 Å². The number of hydrogen-bond donors (Lipinski definition) is 1. The molecule has 0 bridgehead atoms. The fourth-order valence-corrected chi connectivity index (χ4v) is 5.64. The predicted octanol–water partition coefficient (Wildman–Crippen LogP) is 4.74. The Morgan fingerprint density at radius 3 is 2.63 bits per heavy atom. The lowest BCUT2D eigenvalue weighted by Gasteiger charge is -2.32. The van der Waals surface area contributed by atoms with Gasteiger partial charge in [-0.25, -0.2) is 9.97 Å². The second-order valence-electron chi connectivity index (χ2n) is 7.87. The minimum absolute atomic E-state index is 0.0910. The van der Waals surface area contributed by atoms with Gasteiger partial charge < -0.3 is 10.2 Å². The zero-order chi connectivity index (χ0) is 21.1. The second-order valence-corrected chi connectivity index (χ2v) is 10.2. The fraction of sp³-hybridized carbons (Fsp3) is 0.435. The number of anilines is 1. The van der Waals surface area contributed by atoms with Gasteiger partial charge in [0.2, 0.25) is 5.91 Å². The lowest BCUT2D eigenvalue weighted by molar-refractivity contribution is -0.125. The zero-order valence-electron chi connectivity index (χ0n) is 17.8. The first-order chi connectivity index (χ1) is 14.5. The highest BCUT2D eigenvalue weighted by atomic mass is 32.2. The topological polar surface area (TPSA) is 58.1 Å². The molecule has 0 radical (unpaired) electrons. The van der Waals surface area contributed by atoms with Crippen LogP contribution in [0.25, 0.3) is 10.2 Å². The molecule has 1 aromatic carbocycles. The van der Waals surface area contributed by atoms with Crippen molar-refractivity contribution in [3.8, 4) is 0 Å². The number of nitrogens with zero attached hydrogens (tertiary/aromatic N) is 3.